The average Bonchev–Trinajstić information content (AvgIpc) is 2.71. The Morgan fingerprint density at radius 3 is 2.53 bits per heavy atom. The minimum Gasteiger partial charge on any atom is -0.494 e. The molecule has 0 spiro atoms. The van der Waals surface area contributed by atoms with E-state index in [0.717, 1.165) is 18.6 Å². The number of anilines is 1. The van der Waals surface area contributed by atoms with Gasteiger partial charge in [0.25, 0.3) is 0 Å². The van der Waals surface area contributed by atoms with Crippen molar-refractivity contribution in [1.29, 1.82) is 0 Å². The van der Waals surface area contributed by atoms with E-state index in [-0.39, 0.29) is 11.9 Å². The maximum absolute atomic E-state index is 12.2. The predicted molar refractivity (Wildman–Crippen MR) is 120 cm³/mol. The second-order valence-electron chi connectivity index (χ2n) is 7.74. The molecule has 2 rings (SSSR count). The molecule has 0 aliphatic rings. The molecular formula is C25H33NO4. The first-order valence-electron chi connectivity index (χ1n) is 10.7. The Labute approximate surface area is 179 Å². The quantitative estimate of drug-likeness (QED) is 0.371. The second kappa shape index (κ2) is 12.0. The van der Waals surface area contributed by atoms with Crippen LogP contribution in [0.3, 0.4) is 0 Å². The van der Waals surface area contributed by atoms with E-state index in [0.29, 0.717) is 43.2 Å². The third-order valence-electron chi connectivity index (χ3n) is 4.79. The fraction of sp³-hybridized carbons (Fsp3) is 0.440. The highest BCUT2D eigenvalue weighted by atomic mass is 16.5. The van der Waals surface area contributed by atoms with E-state index in [1.165, 1.54) is 11.1 Å². The van der Waals surface area contributed by atoms with Crippen LogP contribution >= 0.6 is 0 Å². The summed E-state index contributed by atoms with van der Waals surface area (Å²) in [5, 5.41) is 2.83. The van der Waals surface area contributed by atoms with Crippen LogP contribution < -0.4 is 10.1 Å². The summed E-state index contributed by atoms with van der Waals surface area (Å²) in [7, 11) is 0. The van der Waals surface area contributed by atoms with E-state index >= 15 is 0 Å². The van der Waals surface area contributed by atoms with Crippen LogP contribution in [0.15, 0.2) is 42.5 Å². The van der Waals surface area contributed by atoms with E-state index in [4.69, 9.17) is 9.47 Å². The van der Waals surface area contributed by atoms with Crippen molar-refractivity contribution >= 4 is 17.6 Å². The molecule has 0 fully saturated rings. The Hall–Kier alpha value is -2.82. The topological polar surface area (TPSA) is 64.6 Å². The molecule has 0 atom stereocenters. The molecule has 1 N–H and O–H groups in total. The SMILES string of the molecule is CCCCOC(=O)c1cccc(NC(=O)CCCOc2ccc(C(C)C)c(C)c2)c1. The van der Waals surface area contributed by atoms with Crippen molar-refractivity contribution in [2.75, 3.05) is 18.5 Å². The Morgan fingerprint density at radius 2 is 1.83 bits per heavy atom. The van der Waals surface area contributed by atoms with Crippen molar-refractivity contribution in [1.82, 2.24) is 0 Å². The van der Waals surface area contributed by atoms with Crippen LogP contribution in [0.4, 0.5) is 5.69 Å². The molecule has 0 radical (unpaired) electrons. The van der Waals surface area contributed by atoms with Crippen LogP contribution in [-0.4, -0.2) is 25.1 Å². The second-order valence-corrected chi connectivity index (χ2v) is 7.74. The van der Waals surface area contributed by atoms with Gasteiger partial charge in [0.1, 0.15) is 5.75 Å². The summed E-state index contributed by atoms with van der Waals surface area (Å²) >= 11 is 0. The van der Waals surface area contributed by atoms with Gasteiger partial charge in [-0.1, -0.05) is 39.3 Å². The van der Waals surface area contributed by atoms with Crippen molar-refractivity contribution in [3.63, 3.8) is 0 Å². The number of carbonyl (C=O) groups excluding carboxylic acids is 2. The highest BCUT2D eigenvalue weighted by Gasteiger charge is 2.09. The Balaban J connectivity index is 1.76. The molecule has 30 heavy (non-hydrogen) atoms. The van der Waals surface area contributed by atoms with Gasteiger partial charge in [-0.25, -0.2) is 4.79 Å². The molecule has 1 amide bonds. The Morgan fingerprint density at radius 1 is 1.03 bits per heavy atom. The summed E-state index contributed by atoms with van der Waals surface area (Å²) in [6.07, 6.45) is 2.76. The first kappa shape index (κ1) is 23.5. The number of hydrogen-bond acceptors (Lipinski definition) is 4. The molecule has 5 nitrogen and oxygen atoms in total. The molecular weight excluding hydrogens is 378 g/mol. The maximum atomic E-state index is 12.2. The number of amides is 1. The summed E-state index contributed by atoms with van der Waals surface area (Å²) in [6, 6.07) is 12.9. The molecule has 0 saturated carbocycles. The van der Waals surface area contributed by atoms with Crippen LogP contribution in [0, 0.1) is 6.92 Å². The zero-order valence-electron chi connectivity index (χ0n) is 18.5. The van der Waals surface area contributed by atoms with Gasteiger partial charge in [0.15, 0.2) is 0 Å². The number of hydrogen-bond donors (Lipinski definition) is 1. The number of benzene rings is 2. The van der Waals surface area contributed by atoms with Gasteiger partial charge in [0.2, 0.25) is 5.91 Å². The Kier molecular flexibility index (Phi) is 9.39. The van der Waals surface area contributed by atoms with Crippen molar-refractivity contribution in [2.24, 2.45) is 0 Å². The number of carbonyl (C=O) groups is 2. The van der Waals surface area contributed by atoms with Crippen LogP contribution in [0.2, 0.25) is 0 Å². The van der Waals surface area contributed by atoms with E-state index in [2.05, 4.69) is 32.2 Å². The van der Waals surface area contributed by atoms with Crippen LogP contribution in [0.1, 0.15) is 73.9 Å². The first-order valence-corrected chi connectivity index (χ1v) is 10.7. The number of ether oxygens (including phenoxy) is 2. The van der Waals surface area contributed by atoms with E-state index in [9.17, 15) is 9.59 Å². The van der Waals surface area contributed by atoms with Crippen molar-refractivity contribution in [3.05, 3.63) is 59.2 Å². The number of esters is 1. The highest BCUT2D eigenvalue weighted by Crippen LogP contribution is 2.23. The lowest BCUT2D eigenvalue weighted by molar-refractivity contribution is -0.116. The number of unbranched alkanes of at least 4 members (excludes halogenated alkanes) is 1. The van der Waals surface area contributed by atoms with Gasteiger partial charge < -0.3 is 14.8 Å². The van der Waals surface area contributed by atoms with Gasteiger partial charge in [0, 0.05) is 12.1 Å². The lowest BCUT2D eigenvalue weighted by Gasteiger charge is -2.12. The van der Waals surface area contributed by atoms with Crippen molar-refractivity contribution in [2.45, 2.75) is 59.3 Å². The molecule has 0 aromatic heterocycles. The monoisotopic (exact) mass is 411 g/mol. The van der Waals surface area contributed by atoms with E-state index < -0.39 is 0 Å². The highest BCUT2D eigenvalue weighted by molar-refractivity contribution is 5.94. The van der Waals surface area contributed by atoms with Gasteiger partial charge in [-0.2, -0.15) is 0 Å². The first-order chi connectivity index (χ1) is 14.4. The lowest BCUT2D eigenvalue weighted by Crippen LogP contribution is -2.13. The molecule has 0 bridgehead atoms. The van der Waals surface area contributed by atoms with Gasteiger partial charge in [0.05, 0.1) is 18.8 Å². The smallest absolute Gasteiger partial charge is 0.338 e. The maximum Gasteiger partial charge on any atom is 0.338 e. The molecule has 5 heteroatoms. The summed E-state index contributed by atoms with van der Waals surface area (Å²) in [4.78, 5) is 24.2. The Bertz CT molecular complexity index is 845. The molecule has 0 heterocycles. The molecule has 0 saturated heterocycles. The van der Waals surface area contributed by atoms with Crippen molar-refractivity contribution in [3.8, 4) is 5.75 Å². The van der Waals surface area contributed by atoms with Gasteiger partial charge in [-0.15, -0.1) is 0 Å². The zero-order valence-corrected chi connectivity index (χ0v) is 18.5. The summed E-state index contributed by atoms with van der Waals surface area (Å²) in [5.74, 6) is 0.833. The fourth-order valence-corrected chi connectivity index (χ4v) is 3.15. The van der Waals surface area contributed by atoms with Crippen LogP contribution in [0.25, 0.3) is 0 Å². The van der Waals surface area contributed by atoms with Crippen LogP contribution in [0.5, 0.6) is 5.75 Å². The van der Waals surface area contributed by atoms with Gasteiger partial charge in [-0.05, 0) is 67.1 Å². The summed E-state index contributed by atoms with van der Waals surface area (Å²) in [5.41, 5.74) is 3.56. The number of nitrogens with one attached hydrogen (secondary N) is 1. The van der Waals surface area contributed by atoms with Crippen LogP contribution in [-0.2, 0) is 9.53 Å². The average molecular weight is 412 g/mol. The van der Waals surface area contributed by atoms with Gasteiger partial charge in [-0.3, -0.25) is 4.79 Å². The molecule has 0 aliphatic carbocycles. The zero-order chi connectivity index (χ0) is 21.9. The third-order valence-corrected chi connectivity index (χ3v) is 4.79. The molecule has 0 unspecified atom stereocenters. The standard InChI is InChI=1S/C25H33NO4/c1-5-6-14-30-25(28)20-9-7-10-21(17-20)26-24(27)11-8-15-29-22-12-13-23(18(2)3)19(4)16-22/h7,9-10,12-13,16-18H,5-6,8,11,14-15H2,1-4H3,(H,26,27). The normalized spacial score (nSPS) is 10.7. The summed E-state index contributed by atoms with van der Waals surface area (Å²) < 4.78 is 11.0. The van der Waals surface area contributed by atoms with E-state index in [1.54, 1.807) is 24.3 Å². The largest absolute Gasteiger partial charge is 0.494 e. The fourth-order valence-electron chi connectivity index (χ4n) is 3.15. The van der Waals surface area contributed by atoms with Crippen molar-refractivity contribution < 1.29 is 19.1 Å². The minimum atomic E-state index is -0.369. The predicted octanol–water partition coefficient (Wildman–Crippen LogP) is 5.87. The number of aryl methyl sites for hydroxylation is 1. The minimum absolute atomic E-state index is 0.110. The molecule has 2 aromatic rings. The summed E-state index contributed by atoms with van der Waals surface area (Å²) in [6.45, 7) is 9.35. The molecule has 0 aliphatic heterocycles. The molecule has 162 valence electrons. The number of rotatable bonds is 11. The van der Waals surface area contributed by atoms with E-state index in [1.807, 2.05) is 19.1 Å². The van der Waals surface area contributed by atoms with Gasteiger partial charge >= 0.3 is 5.97 Å². The lowest BCUT2D eigenvalue weighted by atomic mass is 9.98. The molecule has 2 aromatic carbocycles. The third kappa shape index (κ3) is 7.54.